The largest absolute Gasteiger partial charge is 0.457 e. The molecule has 1 amide bonds. The number of amides is 1. The first kappa shape index (κ1) is 22.8. The number of anilines is 2. The van der Waals surface area contributed by atoms with Crippen molar-refractivity contribution in [2.24, 2.45) is 11.1 Å². The van der Waals surface area contributed by atoms with E-state index in [9.17, 15) is 4.79 Å². The third kappa shape index (κ3) is 5.70. The average molecular weight is 451 g/mol. The summed E-state index contributed by atoms with van der Waals surface area (Å²) in [6.45, 7) is 5.80. The fourth-order valence-corrected chi connectivity index (χ4v) is 3.55. The van der Waals surface area contributed by atoms with Gasteiger partial charge in [0.15, 0.2) is 0 Å². The van der Waals surface area contributed by atoms with Crippen LogP contribution in [0.25, 0.3) is 10.9 Å². The number of nitrogens with two attached hydrogens (primary N) is 1. The van der Waals surface area contributed by atoms with E-state index in [1.807, 2.05) is 87.5 Å². The Morgan fingerprint density at radius 2 is 1.85 bits per heavy atom. The van der Waals surface area contributed by atoms with Crippen LogP contribution in [0.3, 0.4) is 0 Å². The minimum atomic E-state index is -0.504. The lowest BCUT2D eigenvalue weighted by atomic mass is 9.89. The van der Waals surface area contributed by atoms with Gasteiger partial charge in [0.1, 0.15) is 23.6 Å². The van der Waals surface area contributed by atoms with Crippen molar-refractivity contribution < 1.29 is 9.53 Å². The predicted octanol–water partition coefficient (Wildman–Crippen LogP) is 5.73. The van der Waals surface area contributed by atoms with Gasteiger partial charge in [-0.05, 0) is 74.9 Å². The summed E-state index contributed by atoms with van der Waals surface area (Å²) < 4.78 is 5.98. The summed E-state index contributed by atoms with van der Waals surface area (Å²) in [4.78, 5) is 20.1. The summed E-state index contributed by atoms with van der Waals surface area (Å²) in [6.07, 6.45) is 1.73. The number of carbonyl (C=O) groups is 1. The van der Waals surface area contributed by atoms with E-state index >= 15 is 0 Å². The third-order valence-electron chi connectivity index (χ3n) is 5.21. The van der Waals surface area contributed by atoms with E-state index in [1.165, 1.54) is 6.33 Å². The number of fused-ring (bicyclic) bond motifs is 1. The van der Waals surface area contributed by atoms with Gasteiger partial charge in [0.25, 0.3) is 0 Å². The molecular formula is C28H26N4O2. The zero-order valence-electron chi connectivity index (χ0n) is 19.4. The van der Waals surface area contributed by atoms with Gasteiger partial charge in [-0.15, -0.1) is 0 Å². The van der Waals surface area contributed by atoms with Gasteiger partial charge in [0.2, 0.25) is 5.91 Å². The molecule has 0 fully saturated rings. The summed E-state index contributed by atoms with van der Waals surface area (Å²) in [7, 11) is 0. The number of rotatable bonds is 6. The Labute approximate surface area is 199 Å². The van der Waals surface area contributed by atoms with Crippen molar-refractivity contribution in [2.45, 2.75) is 27.2 Å². The Balaban J connectivity index is 1.59. The van der Waals surface area contributed by atoms with Crippen molar-refractivity contribution in [2.75, 3.05) is 5.32 Å². The molecule has 1 aromatic heterocycles. The van der Waals surface area contributed by atoms with Crippen LogP contribution < -0.4 is 15.8 Å². The maximum atomic E-state index is 11.3. The van der Waals surface area contributed by atoms with Crippen LogP contribution in [-0.4, -0.2) is 15.9 Å². The number of hydrogen-bond donors (Lipinski definition) is 2. The molecule has 0 atom stereocenters. The molecule has 3 N–H and O–H groups in total. The number of para-hydroxylation sites is 1. The Bertz CT molecular complexity index is 1400. The van der Waals surface area contributed by atoms with Crippen molar-refractivity contribution in [1.82, 2.24) is 9.97 Å². The molecule has 0 spiro atoms. The monoisotopic (exact) mass is 450 g/mol. The van der Waals surface area contributed by atoms with E-state index in [1.54, 1.807) is 0 Å². The number of benzene rings is 3. The van der Waals surface area contributed by atoms with Crippen LogP contribution in [0.15, 0.2) is 73.1 Å². The first-order valence-electron chi connectivity index (χ1n) is 11.0. The zero-order chi connectivity index (χ0) is 24.1. The number of hydrogen-bond acceptors (Lipinski definition) is 5. The number of primary amides is 1. The van der Waals surface area contributed by atoms with Crippen molar-refractivity contribution >= 4 is 28.3 Å². The molecule has 170 valence electrons. The van der Waals surface area contributed by atoms with E-state index in [-0.39, 0.29) is 12.3 Å². The molecule has 0 radical (unpaired) electrons. The van der Waals surface area contributed by atoms with E-state index in [4.69, 9.17) is 10.5 Å². The Hall–Kier alpha value is -4.37. The number of nitrogens with one attached hydrogen (secondary N) is 1. The average Bonchev–Trinajstić information content (AvgIpc) is 2.80. The molecule has 0 saturated carbocycles. The van der Waals surface area contributed by atoms with Crippen LogP contribution in [0.2, 0.25) is 0 Å². The van der Waals surface area contributed by atoms with E-state index in [0.29, 0.717) is 5.82 Å². The smallest absolute Gasteiger partial charge is 0.218 e. The van der Waals surface area contributed by atoms with Crippen molar-refractivity contribution in [3.05, 3.63) is 84.2 Å². The van der Waals surface area contributed by atoms with E-state index in [2.05, 4.69) is 27.1 Å². The molecule has 4 rings (SSSR count). The summed E-state index contributed by atoms with van der Waals surface area (Å²) in [5.74, 6) is 8.20. The van der Waals surface area contributed by atoms with Crippen LogP contribution in [0, 0.1) is 24.2 Å². The van der Waals surface area contributed by atoms with Gasteiger partial charge >= 0.3 is 0 Å². The van der Waals surface area contributed by atoms with Gasteiger partial charge in [-0.1, -0.05) is 30.0 Å². The number of aromatic nitrogens is 2. The highest BCUT2D eigenvalue weighted by Gasteiger charge is 2.17. The van der Waals surface area contributed by atoms with Crippen LogP contribution in [-0.2, 0) is 4.79 Å². The molecular weight excluding hydrogens is 424 g/mol. The Morgan fingerprint density at radius 3 is 2.59 bits per heavy atom. The van der Waals surface area contributed by atoms with Crippen molar-refractivity contribution in [3.63, 3.8) is 0 Å². The second kappa shape index (κ2) is 9.63. The number of nitrogens with zero attached hydrogens (tertiary/aromatic N) is 2. The minimum absolute atomic E-state index is 0.201. The Morgan fingerprint density at radius 1 is 1.06 bits per heavy atom. The second-order valence-corrected chi connectivity index (χ2v) is 8.75. The maximum absolute atomic E-state index is 11.3. The third-order valence-corrected chi connectivity index (χ3v) is 5.21. The van der Waals surface area contributed by atoms with Crippen LogP contribution in [0.5, 0.6) is 11.5 Å². The summed E-state index contributed by atoms with van der Waals surface area (Å²) >= 11 is 0. The minimum Gasteiger partial charge on any atom is -0.457 e. The molecule has 0 aliphatic rings. The fraction of sp³-hybridized carbons (Fsp3) is 0.179. The highest BCUT2D eigenvalue weighted by molar-refractivity contribution is 5.91. The van der Waals surface area contributed by atoms with Crippen LogP contribution in [0.1, 0.15) is 31.4 Å². The quantitative estimate of drug-likeness (QED) is 0.366. The van der Waals surface area contributed by atoms with Gasteiger partial charge in [-0.25, -0.2) is 9.97 Å². The van der Waals surface area contributed by atoms with Gasteiger partial charge < -0.3 is 15.8 Å². The highest BCUT2D eigenvalue weighted by Crippen LogP contribution is 2.30. The number of carbonyl (C=O) groups excluding carboxylic acids is 1. The van der Waals surface area contributed by atoms with Crippen molar-refractivity contribution in [1.29, 1.82) is 0 Å². The molecule has 4 aromatic rings. The highest BCUT2D eigenvalue weighted by atomic mass is 16.5. The molecule has 34 heavy (non-hydrogen) atoms. The van der Waals surface area contributed by atoms with E-state index in [0.717, 1.165) is 39.2 Å². The first-order valence-corrected chi connectivity index (χ1v) is 11.0. The van der Waals surface area contributed by atoms with Crippen molar-refractivity contribution in [3.8, 4) is 23.3 Å². The lowest BCUT2D eigenvalue weighted by Crippen LogP contribution is -2.21. The maximum Gasteiger partial charge on any atom is 0.218 e. The number of aryl methyl sites for hydroxylation is 1. The molecule has 0 bridgehead atoms. The second-order valence-electron chi connectivity index (χ2n) is 8.75. The molecule has 0 aliphatic heterocycles. The van der Waals surface area contributed by atoms with Gasteiger partial charge in [0, 0.05) is 28.5 Å². The zero-order valence-corrected chi connectivity index (χ0v) is 19.4. The standard InChI is InChI=1S/C28H26N4O2/c1-19-15-21(10-12-25(19)34-22-7-5-4-6-8-22)32-27-23-16-20(9-11-24(23)30-18-31-27)13-14-28(2,3)17-26(29)33/h4-12,15-16,18H,17H2,1-3H3,(H2,29,33)(H,30,31,32). The SMILES string of the molecule is Cc1cc(Nc2ncnc3ccc(C#CC(C)(C)CC(N)=O)cc23)ccc1Oc1ccccc1. The summed E-state index contributed by atoms with van der Waals surface area (Å²) in [6, 6.07) is 21.4. The molecule has 0 unspecified atom stereocenters. The van der Waals surface area contributed by atoms with Crippen LogP contribution in [0.4, 0.5) is 11.5 Å². The van der Waals surface area contributed by atoms with E-state index < -0.39 is 5.41 Å². The lowest BCUT2D eigenvalue weighted by molar-refractivity contribution is -0.119. The normalized spacial score (nSPS) is 10.9. The molecule has 0 aliphatic carbocycles. The summed E-state index contributed by atoms with van der Waals surface area (Å²) in [5, 5.41) is 4.24. The van der Waals surface area contributed by atoms with Gasteiger partial charge in [-0.3, -0.25) is 4.79 Å². The summed E-state index contributed by atoms with van der Waals surface area (Å²) in [5.41, 5.74) is 8.33. The molecule has 6 nitrogen and oxygen atoms in total. The van der Waals surface area contributed by atoms with Gasteiger partial charge in [0.05, 0.1) is 5.52 Å². The molecule has 3 aromatic carbocycles. The fourth-order valence-electron chi connectivity index (χ4n) is 3.55. The number of ether oxygens (including phenoxy) is 1. The Kier molecular flexibility index (Phi) is 6.46. The molecule has 0 saturated heterocycles. The van der Waals surface area contributed by atoms with Crippen LogP contribution >= 0.6 is 0 Å². The first-order chi connectivity index (χ1) is 16.3. The lowest BCUT2D eigenvalue weighted by Gasteiger charge is -2.14. The molecule has 1 heterocycles. The predicted molar refractivity (Wildman–Crippen MR) is 135 cm³/mol. The molecule has 6 heteroatoms. The van der Waals surface area contributed by atoms with Gasteiger partial charge in [-0.2, -0.15) is 0 Å². The topological polar surface area (TPSA) is 90.1 Å².